The van der Waals surface area contributed by atoms with Gasteiger partial charge in [0.2, 0.25) is 0 Å². The zero-order valence-corrected chi connectivity index (χ0v) is 14.0. The number of ketones is 1. The number of carbonyl (C=O) groups is 1. The number of halogens is 1. The average Bonchev–Trinajstić information content (AvgIpc) is 3.04. The Hall–Kier alpha value is -2.13. The van der Waals surface area contributed by atoms with E-state index in [1.807, 2.05) is 49.4 Å². The molecule has 120 valence electrons. The van der Waals surface area contributed by atoms with Crippen LogP contribution in [0.15, 0.2) is 53.5 Å². The van der Waals surface area contributed by atoms with Crippen molar-refractivity contribution < 1.29 is 4.79 Å². The van der Waals surface area contributed by atoms with Crippen molar-refractivity contribution in [2.24, 2.45) is 4.99 Å². The molecule has 2 aromatic rings. The third-order valence-electron chi connectivity index (χ3n) is 3.92. The first-order valence-corrected chi connectivity index (χ1v) is 7.66. The Labute approximate surface area is 143 Å². The first-order valence-electron chi connectivity index (χ1n) is 7.66. The molecule has 3 rings (SSSR count). The molecule has 3 nitrogen and oxygen atoms in total. The summed E-state index contributed by atoms with van der Waals surface area (Å²) in [5, 5.41) is 3.27. The fourth-order valence-corrected chi connectivity index (χ4v) is 2.73. The maximum atomic E-state index is 12.3. The molecule has 1 heterocycles. The summed E-state index contributed by atoms with van der Waals surface area (Å²) in [6.45, 7) is 3.77. The fourth-order valence-electron chi connectivity index (χ4n) is 2.73. The molecule has 0 radical (unpaired) electrons. The van der Waals surface area contributed by atoms with Gasteiger partial charge in [-0.15, -0.1) is 12.4 Å². The van der Waals surface area contributed by atoms with Crippen molar-refractivity contribution >= 4 is 24.0 Å². The van der Waals surface area contributed by atoms with Gasteiger partial charge in [-0.05, 0) is 29.7 Å². The lowest BCUT2D eigenvalue weighted by molar-refractivity contribution is -0.117. The van der Waals surface area contributed by atoms with E-state index in [1.54, 1.807) is 0 Å². The molecule has 0 aromatic heterocycles. The molecular weight excluding hydrogens is 308 g/mol. The van der Waals surface area contributed by atoms with Gasteiger partial charge in [0, 0.05) is 24.9 Å². The average molecular weight is 329 g/mol. The van der Waals surface area contributed by atoms with E-state index >= 15 is 0 Å². The zero-order valence-electron chi connectivity index (χ0n) is 13.2. The van der Waals surface area contributed by atoms with Crippen LogP contribution in [0.1, 0.15) is 22.3 Å². The third kappa shape index (κ3) is 4.42. The number of Topliss-reactive ketones (excluding diaryl/α,β-unsaturated/α-hetero) is 1. The van der Waals surface area contributed by atoms with Crippen molar-refractivity contribution in [3.63, 3.8) is 0 Å². The van der Waals surface area contributed by atoms with Gasteiger partial charge in [0.25, 0.3) is 0 Å². The van der Waals surface area contributed by atoms with E-state index in [4.69, 9.17) is 0 Å². The Morgan fingerprint density at radius 3 is 2.70 bits per heavy atom. The zero-order chi connectivity index (χ0) is 15.4. The molecule has 0 spiro atoms. The summed E-state index contributed by atoms with van der Waals surface area (Å²) in [5.41, 5.74) is 4.41. The number of aryl methyl sites for hydroxylation is 1. The van der Waals surface area contributed by atoms with Crippen LogP contribution in [0.4, 0.5) is 0 Å². The minimum absolute atomic E-state index is 0. The number of hydrogen-bond acceptors (Lipinski definition) is 3. The molecule has 2 aromatic carbocycles. The summed E-state index contributed by atoms with van der Waals surface area (Å²) in [7, 11) is 0. The monoisotopic (exact) mass is 328 g/mol. The van der Waals surface area contributed by atoms with Gasteiger partial charge in [0.05, 0.1) is 6.54 Å². The molecule has 0 aliphatic carbocycles. The highest BCUT2D eigenvalue weighted by Gasteiger charge is 2.11. The van der Waals surface area contributed by atoms with Gasteiger partial charge < -0.3 is 5.32 Å². The Balaban J connectivity index is 0.00000192. The number of amidine groups is 1. The molecule has 1 aliphatic rings. The number of aliphatic imine (C=N–C) groups is 1. The molecule has 4 heteroatoms. The highest BCUT2D eigenvalue weighted by atomic mass is 35.5. The maximum Gasteiger partial charge on any atom is 0.141 e. The van der Waals surface area contributed by atoms with Gasteiger partial charge in [0.1, 0.15) is 11.6 Å². The minimum Gasteiger partial charge on any atom is -0.368 e. The van der Waals surface area contributed by atoms with Gasteiger partial charge in [-0.1, -0.05) is 42.5 Å². The Morgan fingerprint density at radius 1 is 1.13 bits per heavy atom. The predicted octanol–water partition coefficient (Wildman–Crippen LogP) is 3.12. The number of hydrogen-bond donors (Lipinski definition) is 1. The van der Waals surface area contributed by atoms with Crippen molar-refractivity contribution in [1.29, 1.82) is 0 Å². The summed E-state index contributed by atoms with van der Waals surface area (Å²) in [4.78, 5) is 16.7. The number of benzene rings is 2. The lowest BCUT2D eigenvalue weighted by atomic mass is 9.98. The van der Waals surface area contributed by atoms with Gasteiger partial charge in [-0.3, -0.25) is 9.79 Å². The molecule has 0 fully saturated rings. The standard InChI is InChI=1S/C19H20N2O.ClH/c1-14-5-2-3-7-16(14)13-18(22)12-15-6-4-8-17(11-15)19-20-9-10-21-19;/h2-8,11H,9-10,12-13H2,1H3,(H,20,21);1H. The van der Waals surface area contributed by atoms with E-state index in [9.17, 15) is 4.79 Å². The Bertz CT molecular complexity index is 725. The lowest BCUT2D eigenvalue weighted by Gasteiger charge is -2.07. The number of nitrogens with one attached hydrogen (secondary N) is 1. The van der Waals surface area contributed by atoms with Crippen molar-refractivity contribution in [2.45, 2.75) is 19.8 Å². The van der Waals surface area contributed by atoms with Crippen LogP contribution < -0.4 is 5.32 Å². The van der Waals surface area contributed by atoms with Gasteiger partial charge in [0.15, 0.2) is 0 Å². The summed E-state index contributed by atoms with van der Waals surface area (Å²) in [5.74, 6) is 1.18. The highest BCUT2D eigenvalue weighted by molar-refractivity contribution is 6.00. The van der Waals surface area contributed by atoms with Crippen LogP contribution in [0.3, 0.4) is 0 Å². The van der Waals surface area contributed by atoms with Crippen molar-refractivity contribution in [2.75, 3.05) is 13.1 Å². The molecule has 0 atom stereocenters. The SMILES string of the molecule is Cc1ccccc1CC(=O)Cc1cccc(C2=NCCN2)c1.Cl. The van der Waals surface area contributed by atoms with Gasteiger partial charge in [-0.2, -0.15) is 0 Å². The molecule has 0 saturated carbocycles. The van der Waals surface area contributed by atoms with Crippen LogP contribution >= 0.6 is 12.4 Å². The summed E-state index contributed by atoms with van der Waals surface area (Å²) < 4.78 is 0. The maximum absolute atomic E-state index is 12.3. The lowest BCUT2D eigenvalue weighted by Crippen LogP contribution is -2.19. The van der Waals surface area contributed by atoms with Crippen LogP contribution in [-0.2, 0) is 17.6 Å². The highest BCUT2D eigenvalue weighted by Crippen LogP contribution is 2.12. The van der Waals surface area contributed by atoms with E-state index in [2.05, 4.69) is 16.4 Å². The minimum atomic E-state index is 0. The van der Waals surface area contributed by atoms with Crippen LogP contribution in [-0.4, -0.2) is 24.7 Å². The largest absolute Gasteiger partial charge is 0.368 e. The number of nitrogens with zero attached hydrogens (tertiary/aromatic N) is 1. The van der Waals surface area contributed by atoms with E-state index in [0.29, 0.717) is 12.8 Å². The van der Waals surface area contributed by atoms with E-state index in [1.165, 1.54) is 5.56 Å². The van der Waals surface area contributed by atoms with Crippen molar-refractivity contribution in [3.05, 3.63) is 70.8 Å². The van der Waals surface area contributed by atoms with Crippen molar-refractivity contribution in [3.8, 4) is 0 Å². The Kier molecular flexibility index (Phi) is 5.94. The molecule has 1 N–H and O–H groups in total. The topological polar surface area (TPSA) is 41.5 Å². The van der Waals surface area contributed by atoms with Gasteiger partial charge >= 0.3 is 0 Å². The van der Waals surface area contributed by atoms with E-state index in [-0.39, 0.29) is 18.2 Å². The van der Waals surface area contributed by atoms with Crippen LogP contribution in [0.25, 0.3) is 0 Å². The number of rotatable bonds is 5. The van der Waals surface area contributed by atoms with E-state index in [0.717, 1.165) is 35.6 Å². The molecule has 0 unspecified atom stereocenters. The fraction of sp³-hybridized carbons (Fsp3) is 0.263. The quantitative estimate of drug-likeness (QED) is 0.916. The number of carbonyl (C=O) groups excluding carboxylic acids is 1. The second-order valence-corrected chi connectivity index (χ2v) is 5.68. The molecular formula is C19H21ClN2O. The summed E-state index contributed by atoms with van der Waals surface area (Å²) in [6.07, 6.45) is 0.964. The first kappa shape index (κ1) is 17.2. The third-order valence-corrected chi connectivity index (χ3v) is 3.92. The smallest absolute Gasteiger partial charge is 0.141 e. The molecule has 0 amide bonds. The molecule has 1 aliphatic heterocycles. The molecule has 23 heavy (non-hydrogen) atoms. The first-order chi connectivity index (χ1) is 10.7. The Morgan fingerprint density at radius 2 is 1.96 bits per heavy atom. The van der Waals surface area contributed by atoms with Crippen LogP contribution in [0.2, 0.25) is 0 Å². The second-order valence-electron chi connectivity index (χ2n) is 5.68. The normalized spacial score (nSPS) is 13.0. The van der Waals surface area contributed by atoms with Crippen molar-refractivity contribution in [1.82, 2.24) is 5.32 Å². The van der Waals surface area contributed by atoms with Gasteiger partial charge in [-0.25, -0.2) is 0 Å². The second kappa shape index (κ2) is 7.93. The van der Waals surface area contributed by atoms with Crippen LogP contribution in [0.5, 0.6) is 0 Å². The summed E-state index contributed by atoms with van der Waals surface area (Å²) >= 11 is 0. The van der Waals surface area contributed by atoms with E-state index < -0.39 is 0 Å². The predicted molar refractivity (Wildman–Crippen MR) is 96.7 cm³/mol. The van der Waals surface area contributed by atoms with Crippen LogP contribution in [0, 0.1) is 6.92 Å². The molecule has 0 bridgehead atoms. The molecule has 0 saturated heterocycles. The summed E-state index contributed by atoms with van der Waals surface area (Å²) in [6, 6.07) is 16.2.